The number of benzene rings is 2. The Balaban J connectivity index is 2.39. The first-order valence-corrected chi connectivity index (χ1v) is 6.49. The van der Waals surface area contributed by atoms with Crippen molar-refractivity contribution in [1.29, 1.82) is 5.26 Å². The lowest BCUT2D eigenvalue weighted by atomic mass is 9.86. The van der Waals surface area contributed by atoms with Crippen molar-refractivity contribution in [2.45, 2.75) is 26.2 Å². The standard InChI is InChI=1S/C17H18N2O/c1-17(2,3)13-6-4-5-7-15(13)20-16-9-8-12(11-18)10-14(16)19/h4-10H,19H2,1-3H3. The summed E-state index contributed by atoms with van der Waals surface area (Å²) in [5.74, 6) is 1.36. The number of nitrogens with two attached hydrogens (primary N) is 1. The van der Waals surface area contributed by atoms with Crippen LogP contribution in [-0.4, -0.2) is 0 Å². The summed E-state index contributed by atoms with van der Waals surface area (Å²) in [7, 11) is 0. The third kappa shape index (κ3) is 2.92. The fraction of sp³-hybridized carbons (Fsp3) is 0.235. The smallest absolute Gasteiger partial charge is 0.150 e. The molecule has 0 amide bonds. The van der Waals surface area contributed by atoms with Crippen molar-refractivity contribution in [3.8, 4) is 17.6 Å². The van der Waals surface area contributed by atoms with E-state index in [2.05, 4.69) is 32.9 Å². The van der Waals surface area contributed by atoms with E-state index in [0.29, 0.717) is 17.0 Å². The Morgan fingerprint density at radius 2 is 1.75 bits per heavy atom. The highest BCUT2D eigenvalue weighted by atomic mass is 16.5. The zero-order chi connectivity index (χ0) is 14.8. The average Bonchev–Trinajstić information content (AvgIpc) is 2.40. The first-order chi connectivity index (χ1) is 9.41. The van der Waals surface area contributed by atoms with Gasteiger partial charge in [-0.25, -0.2) is 0 Å². The minimum atomic E-state index is -0.0159. The summed E-state index contributed by atoms with van der Waals surface area (Å²) in [5.41, 5.74) is 8.02. The Morgan fingerprint density at radius 3 is 2.35 bits per heavy atom. The molecule has 0 saturated heterocycles. The molecule has 20 heavy (non-hydrogen) atoms. The number of rotatable bonds is 2. The largest absolute Gasteiger partial charge is 0.455 e. The molecular weight excluding hydrogens is 248 g/mol. The van der Waals surface area contributed by atoms with Crippen LogP contribution in [0.15, 0.2) is 42.5 Å². The van der Waals surface area contributed by atoms with Gasteiger partial charge in [0.25, 0.3) is 0 Å². The van der Waals surface area contributed by atoms with Crippen molar-refractivity contribution in [3.05, 3.63) is 53.6 Å². The van der Waals surface area contributed by atoms with Gasteiger partial charge in [0.1, 0.15) is 11.5 Å². The molecule has 0 radical (unpaired) electrons. The topological polar surface area (TPSA) is 59.0 Å². The van der Waals surface area contributed by atoms with Gasteiger partial charge < -0.3 is 10.5 Å². The summed E-state index contributed by atoms with van der Waals surface area (Å²) in [6, 6.07) is 15.0. The molecule has 0 atom stereocenters. The molecule has 0 aliphatic heterocycles. The molecule has 0 bridgehead atoms. The maximum atomic E-state index is 8.85. The molecule has 0 unspecified atom stereocenters. The molecule has 0 spiro atoms. The van der Waals surface area contributed by atoms with E-state index in [-0.39, 0.29) is 5.41 Å². The highest BCUT2D eigenvalue weighted by Gasteiger charge is 2.19. The summed E-state index contributed by atoms with van der Waals surface area (Å²) in [4.78, 5) is 0. The van der Waals surface area contributed by atoms with Crippen molar-refractivity contribution in [1.82, 2.24) is 0 Å². The average molecular weight is 266 g/mol. The Labute approximate surface area is 119 Å². The second-order valence-electron chi connectivity index (χ2n) is 5.71. The molecular formula is C17H18N2O. The van der Waals surface area contributed by atoms with E-state index in [4.69, 9.17) is 15.7 Å². The lowest BCUT2D eigenvalue weighted by Crippen LogP contribution is -2.12. The number of anilines is 1. The van der Waals surface area contributed by atoms with Crippen LogP contribution < -0.4 is 10.5 Å². The van der Waals surface area contributed by atoms with Crippen LogP contribution in [0.2, 0.25) is 0 Å². The first kappa shape index (κ1) is 14.0. The van der Waals surface area contributed by atoms with Crippen LogP contribution in [0.25, 0.3) is 0 Å². The zero-order valence-electron chi connectivity index (χ0n) is 12.0. The number of nitrogen functional groups attached to an aromatic ring is 1. The fourth-order valence-corrected chi connectivity index (χ4v) is 2.00. The van der Waals surface area contributed by atoms with Gasteiger partial charge in [0.2, 0.25) is 0 Å². The maximum Gasteiger partial charge on any atom is 0.150 e. The Bertz CT molecular complexity index is 663. The highest BCUT2D eigenvalue weighted by molar-refractivity contribution is 5.58. The predicted octanol–water partition coefficient (Wildman–Crippen LogP) is 4.23. The van der Waals surface area contributed by atoms with E-state index in [0.717, 1.165) is 11.3 Å². The molecule has 2 aromatic carbocycles. The molecule has 2 rings (SSSR count). The SMILES string of the molecule is CC(C)(C)c1ccccc1Oc1ccc(C#N)cc1N. The highest BCUT2D eigenvalue weighted by Crippen LogP contribution is 2.35. The van der Waals surface area contributed by atoms with Crippen LogP contribution in [0.3, 0.4) is 0 Å². The van der Waals surface area contributed by atoms with Crippen molar-refractivity contribution >= 4 is 5.69 Å². The maximum absolute atomic E-state index is 8.85. The van der Waals surface area contributed by atoms with Gasteiger partial charge in [0.15, 0.2) is 0 Å². The minimum Gasteiger partial charge on any atom is -0.455 e. The molecule has 0 aromatic heterocycles. The van der Waals surface area contributed by atoms with Gasteiger partial charge in [-0.05, 0) is 29.7 Å². The van der Waals surface area contributed by atoms with Gasteiger partial charge in [0, 0.05) is 5.56 Å². The van der Waals surface area contributed by atoms with Gasteiger partial charge in [-0.1, -0.05) is 39.0 Å². The normalized spacial score (nSPS) is 10.9. The quantitative estimate of drug-likeness (QED) is 0.827. The van der Waals surface area contributed by atoms with Crippen LogP contribution in [0.1, 0.15) is 31.9 Å². The van der Waals surface area contributed by atoms with Crippen LogP contribution in [0.4, 0.5) is 5.69 Å². The molecule has 3 heteroatoms. The molecule has 0 fully saturated rings. The van der Waals surface area contributed by atoms with E-state index in [1.54, 1.807) is 18.2 Å². The summed E-state index contributed by atoms with van der Waals surface area (Å²) >= 11 is 0. The Kier molecular flexibility index (Phi) is 3.67. The van der Waals surface area contributed by atoms with Gasteiger partial charge in [0.05, 0.1) is 17.3 Å². The van der Waals surface area contributed by atoms with Crippen LogP contribution in [0.5, 0.6) is 11.5 Å². The summed E-state index contributed by atoms with van der Waals surface area (Å²) in [6.45, 7) is 6.41. The number of ether oxygens (including phenoxy) is 1. The van der Waals surface area contributed by atoms with E-state index in [9.17, 15) is 0 Å². The van der Waals surface area contributed by atoms with Crippen molar-refractivity contribution in [3.63, 3.8) is 0 Å². The van der Waals surface area contributed by atoms with E-state index in [1.165, 1.54) is 0 Å². The summed E-state index contributed by atoms with van der Waals surface area (Å²) in [5, 5.41) is 8.85. The fourth-order valence-electron chi connectivity index (χ4n) is 2.00. The zero-order valence-corrected chi connectivity index (χ0v) is 12.0. The number of nitrogens with zero attached hydrogens (tertiary/aromatic N) is 1. The lowest BCUT2D eigenvalue weighted by molar-refractivity contribution is 0.457. The molecule has 0 saturated carbocycles. The number of hydrogen-bond acceptors (Lipinski definition) is 3. The molecule has 2 N–H and O–H groups in total. The molecule has 102 valence electrons. The second-order valence-corrected chi connectivity index (χ2v) is 5.71. The Hall–Kier alpha value is -2.47. The second kappa shape index (κ2) is 5.26. The third-order valence-corrected chi connectivity index (χ3v) is 3.05. The van der Waals surface area contributed by atoms with Gasteiger partial charge in [-0.15, -0.1) is 0 Å². The minimum absolute atomic E-state index is 0.0159. The van der Waals surface area contributed by atoms with E-state index >= 15 is 0 Å². The van der Waals surface area contributed by atoms with Crippen LogP contribution in [-0.2, 0) is 5.41 Å². The van der Waals surface area contributed by atoms with Crippen molar-refractivity contribution in [2.24, 2.45) is 0 Å². The predicted molar refractivity (Wildman–Crippen MR) is 80.8 cm³/mol. The first-order valence-electron chi connectivity index (χ1n) is 6.49. The summed E-state index contributed by atoms with van der Waals surface area (Å²) in [6.07, 6.45) is 0. The molecule has 0 aliphatic carbocycles. The third-order valence-electron chi connectivity index (χ3n) is 3.05. The van der Waals surface area contributed by atoms with Crippen LogP contribution >= 0.6 is 0 Å². The Morgan fingerprint density at radius 1 is 1.05 bits per heavy atom. The molecule has 2 aromatic rings. The van der Waals surface area contributed by atoms with Gasteiger partial charge >= 0.3 is 0 Å². The summed E-state index contributed by atoms with van der Waals surface area (Å²) < 4.78 is 5.93. The van der Waals surface area contributed by atoms with Gasteiger partial charge in [-0.2, -0.15) is 5.26 Å². The number of hydrogen-bond donors (Lipinski definition) is 1. The van der Waals surface area contributed by atoms with E-state index in [1.807, 2.05) is 18.2 Å². The number of para-hydroxylation sites is 1. The molecule has 0 heterocycles. The monoisotopic (exact) mass is 266 g/mol. The van der Waals surface area contributed by atoms with Crippen LogP contribution in [0, 0.1) is 11.3 Å². The van der Waals surface area contributed by atoms with Crippen molar-refractivity contribution < 1.29 is 4.74 Å². The molecule has 0 aliphatic rings. The van der Waals surface area contributed by atoms with Gasteiger partial charge in [-0.3, -0.25) is 0 Å². The number of nitriles is 1. The lowest BCUT2D eigenvalue weighted by Gasteiger charge is -2.22. The van der Waals surface area contributed by atoms with E-state index < -0.39 is 0 Å². The molecule has 3 nitrogen and oxygen atoms in total. The van der Waals surface area contributed by atoms with Crippen molar-refractivity contribution in [2.75, 3.05) is 5.73 Å².